The first-order chi connectivity index (χ1) is 12.5. The Hall–Kier alpha value is -1.81. The average Bonchev–Trinajstić information content (AvgIpc) is 2.63. The van der Waals surface area contributed by atoms with Gasteiger partial charge in [-0.3, -0.25) is 4.99 Å². The number of nitrogens with zero attached hydrogens (tertiary/aromatic N) is 2. The fraction of sp³-hybridized carbons (Fsp3) is 0.286. The molecule has 0 amide bonds. The maximum absolute atomic E-state index is 6.39. The molecule has 0 saturated carbocycles. The van der Waals surface area contributed by atoms with Crippen molar-refractivity contribution in [1.29, 1.82) is 0 Å². The van der Waals surface area contributed by atoms with Gasteiger partial charge in [-0.15, -0.1) is 0 Å². The second-order valence-electron chi connectivity index (χ2n) is 6.64. The summed E-state index contributed by atoms with van der Waals surface area (Å²) in [7, 11) is 2.01. The van der Waals surface area contributed by atoms with Gasteiger partial charge in [-0.2, -0.15) is 0 Å². The first-order valence-electron chi connectivity index (χ1n) is 8.68. The van der Waals surface area contributed by atoms with Gasteiger partial charge in [0.05, 0.1) is 16.6 Å². The van der Waals surface area contributed by atoms with Gasteiger partial charge in [-0.25, -0.2) is 0 Å². The number of nitrogens with two attached hydrogens (primary N) is 1. The third-order valence-corrected chi connectivity index (χ3v) is 5.61. The molecule has 0 saturated heterocycles. The number of allylic oxidation sites excluding steroid dienone is 1. The zero-order valence-electron chi connectivity index (χ0n) is 15.0. The van der Waals surface area contributed by atoms with Crippen molar-refractivity contribution < 1.29 is 0 Å². The molecule has 0 aromatic heterocycles. The summed E-state index contributed by atoms with van der Waals surface area (Å²) in [6.07, 6.45) is 1.68. The lowest BCUT2D eigenvalue weighted by atomic mass is 9.97. The van der Waals surface area contributed by atoms with E-state index in [9.17, 15) is 0 Å². The third kappa shape index (κ3) is 4.12. The topological polar surface area (TPSA) is 41.6 Å². The van der Waals surface area contributed by atoms with E-state index in [0.29, 0.717) is 16.6 Å². The SMILES string of the molecule is CC1=C(CC(N)Cc2ccccc2)CN=C(c2cccc(Cl)c2Cl)N1C. The molecule has 1 aliphatic heterocycles. The fourth-order valence-corrected chi connectivity index (χ4v) is 3.63. The van der Waals surface area contributed by atoms with Crippen LogP contribution in [0.15, 0.2) is 64.8 Å². The van der Waals surface area contributed by atoms with Crippen molar-refractivity contribution in [3.05, 3.63) is 81.0 Å². The number of aliphatic imine (C=N–C) groups is 1. The van der Waals surface area contributed by atoms with Gasteiger partial charge in [0.25, 0.3) is 0 Å². The predicted octanol–water partition coefficient (Wildman–Crippen LogP) is 4.92. The molecule has 2 aromatic rings. The van der Waals surface area contributed by atoms with E-state index in [1.807, 2.05) is 37.4 Å². The third-order valence-electron chi connectivity index (χ3n) is 4.79. The quantitative estimate of drug-likeness (QED) is 0.790. The van der Waals surface area contributed by atoms with Crippen LogP contribution in [-0.2, 0) is 6.42 Å². The van der Waals surface area contributed by atoms with Gasteiger partial charge >= 0.3 is 0 Å². The average molecular weight is 388 g/mol. The highest BCUT2D eigenvalue weighted by Crippen LogP contribution is 2.30. The summed E-state index contributed by atoms with van der Waals surface area (Å²) < 4.78 is 0. The van der Waals surface area contributed by atoms with E-state index in [1.165, 1.54) is 16.8 Å². The minimum absolute atomic E-state index is 0.0715. The molecule has 3 rings (SSSR count). The van der Waals surface area contributed by atoms with Crippen molar-refractivity contribution >= 4 is 29.0 Å². The molecule has 136 valence electrons. The first-order valence-corrected chi connectivity index (χ1v) is 9.43. The maximum Gasteiger partial charge on any atom is 0.136 e. The van der Waals surface area contributed by atoms with E-state index in [0.717, 1.165) is 24.2 Å². The van der Waals surface area contributed by atoms with Crippen molar-refractivity contribution in [2.24, 2.45) is 10.7 Å². The fourth-order valence-electron chi connectivity index (χ4n) is 3.25. The minimum Gasteiger partial charge on any atom is -0.333 e. The van der Waals surface area contributed by atoms with Gasteiger partial charge in [0.2, 0.25) is 0 Å². The molecule has 0 radical (unpaired) electrons. The normalized spacial score (nSPS) is 15.9. The predicted molar refractivity (Wildman–Crippen MR) is 111 cm³/mol. The first kappa shape index (κ1) is 19.0. The number of hydrogen-bond acceptors (Lipinski definition) is 3. The number of rotatable bonds is 5. The second kappa shape index (κ2) is 8.26. The van der Waals surface area contributed by atoms with Crippen molar-refractivity contribution in [2.75, 3.05) is 13.6 Å². The Morgan fingerprint density at radius 1 is 1.08 bits per heavy atom. The van der Waals surface area contributed by atoms with Crippen LogP contribution in [0.1, 0.15) is 24.5 Å². The second-order valence-corrected chi connectivity index (χ2v) is 7.43. The molecule has 0 fully saturated rings. The lowest BCUT2D eigenvalue weighted by Crippen LogP contribution is -2.33. The molecular formula is C21H23Cl2N3. The number of amidine groups is 1. The van der Waals surface area contributed by atoms with Crippen LogP contribution in [-0.4, -0.2) is 30.4 Å². The van der Waals surface area contributed by atoms with Crippen LogP contribution in [0.3, 0.4) is 0 Å². The Bertz CT molecular complexity index is 844. The largest absolute Gasteiger partial charge is 0.333 e. The van der Waals surface area contributed by atoms with Gasteiger partial charge in [-0.05, 0) is 43.0 Å². The van der Waals surface area contributed by atoms with Crippen molar-refractivity contribution in [1.82, 2.24) is 4.90 Å². The van der Waals surface area contributed by atoms with Crippen LogP contribution < -0.4 is 5.73 Å². The van der Waals surface area contributed by atoms with Crippen molar-refractivity contribution in [3.8, 4) is 0 Å². The van der Waals surface area contributed by atoms with Crippen LogP contribution in [0.25, 0.3) is 0 Å². The molecule has 2 N–H and O–H groups in total. The van der Waals surface area contributed by atoms with Crippen LogP contribution in [0.5, 0.6) is 0 Å². The molecule has 1 aliphatic rings. The molecule has 0 aliphatic carbocycles. The van der Waals surface area contributed by atoms with Crippen molar-refractivity contribution in [3.63, 3.8) is 0 Å². The molecule has 5 heteroatoms. The maximum atomic E-state index is 6.39. The summed E-state index contributed by atoms with van der Waals surface area (Å²) in [5.74, 6) is 0.843. The van der Waals surface area contributed by atoms with Gasteiger partial charge in [-0.1, -0.05) is 59.6 Å². The number of hydrogen-bond donors (Lipinski definition) is 1. The smallest absolute Gasteiger partial charge is 0.136 e. The van der Waals surface area contributed by atoms with E-state index >= 15 is 0 Å². The summed E-state index contributed by atoms with van der Waals surface area (Å²) in [4.78, 5) is 6.84. The summed E-state index contributed by atoms with van der Waals surface area (Å²) in [5, 5.41) is 1.08. The van der Waals surface area contributed by atoms with E-state index in [4.69, 9.17) is 33.9 Å². The van der Waals surface area contributed by atoms with E-state index in [1.54, 1.807) is 6.07 Å². The molecule has 0 spiro atoms. The lowest BCUT2D eigenvalue weighted by molar-refractivity contribution is 0.566. The summed E-state index contributed by atoms with van der Waals surface area (Å²) in [6.45, 7) is 2.74. The zero-order valence-corrected chi connectivity index (χ0v) is 16.6. The summed E-state index contributed by atoms with van der Waals surface area (Å²) in [5.41, 5.74) is 10.9. The molecule has 2 aromatic carbocycles. The van der Waals surface area contributed by atoms with Crippen LogP contribution in [0.4, 0.5) is 0 Å². The monoisotopic (exact) mass is 387 g/mol. The number of benzene rings is 2. The Morgan fingerprint density at radius 2 is 1.81 bits per heavy atom. The summed E-state index contributed by atoms with van der Waals surface area (Å²) in [6, 6.07) is 16.0. The molecule has 3 nitrogen and oxygen atoms in total. The van der Waals surface area contributed by atoms with Gasteiger partial charge in [0, 0.05) is 24.4 Å². The Labute approximate surface area is 165 Å². The van der Waals surface area contributed by atoms with Crippen LogP contribution in [0, 0.1) is 0 Å². The Kier molecular flexibility index (Phi) is 6.02. The standard InChI is InChI=1S/C21H23Cl2N3/c1-14-16(12-17(24)11-15-7-4-3-5-8-15)13-25-21(26(14)2)18-9-6-10-19(22)20(18)23/h3-10,17H,11-13,24H2,1-2H3. The van der Waals surface area contributed by atoms with Crippen LogP contribution in [0.2, 0.25) is 10.0 Å². The van der Waals surface area contributed by atoms with Crippen molar-refractivity contribution in [2.45, 2.75) is 25.8 Å². The Morgan fingerprint density at radius 3 is 2.54 bits per heavy atom. The highest BCUT2D eigenvalue weighted by molar-refractivity contribution is 6.44. The van der Waals surface area contributed by atoms with Gasteiger partial charge < -0.3 is 10.6 Å². The molecule has 26 heavy (non-hydrogen) atoms. The molecule has 1 atom stereocenters. The van der Waals surface area contributed by atoms with E-state index in [2.05, 4.69) is 24.0 Å². The Balaban J connectivity index is 1.74. The molecule has 1 unspecified atom stereocenters. The zero-order chi connectivity index (χ0) is 18.7. The highest BCUT2D eigenvalue weighted by atomic mass is 35.5. The van der Waals surface area contributed by atoms with E-state index in [-0.39, 0.29) is 6.04 Å². The molecule has 0 bridgehead atoms. The lowest BCUT2D eigenvalue weighted by Gasteiger charge is -2.30. The number of halogens is 2. The molecule has 1 heterocycles. The minimum atomic E-state index is 0.0715. The summed E-state index contributed by atoms with van der Waals surface area (Å²) >= 11 is 12.5. The van der Waals surface area contributed by atoms with E-state index < -0.39 is 0 Å². The highest BCUT2D eigenvalue weighted by Gasteiger charge is 2.22. The van der Waals surface area contributed by atoms with Crippen LogP contribution >= 0.6 is 23.2 Å². The van der Waals surface area contributed by atoms with Gasteiger partial charge in [0.1, 0.15) is 5.84 Å². The van der Waals surface area contributed by atoms with Gasteiger partial charge in [0.15, 0.2) is 0 Å². The molecular weight excluding hydrogens is 365 g/mol.